The lowest BCUT2D eigenvalue weighted by molar-refractivity contribution is 0.0954. The molecule has 2 N–H and O–H groups in total. The minimum absolute atomic E-state index is 0.0696. The molecule has 1 atom stereocenters. The molecule has 4 aromatic rings. The van der Waals surface area contributed by atoms with Crippen molar-refractivity contribution in [2.75, 3.05) is 12.4 Å². The molecule has 3 aromatic heterocycles. The van der Waals surface area contributed by atoms with Crippen LogP contribution in [0.25, 0.3) is 11.3 Å². The van der Waals surface area contributed by atoms with Gasteiger partial charge in [0.15, 0.2) is 5.82 Å². The maximum atomic E-state index is 12.7. The Morgan fingerprint density at radius 3 is 2.68 bits per heavy atom. The second kappa shape index (κ2) is 10.3. The first-order valence-corrected chi connectivity index (χ1v) is 13.6. The number of fused-ring (bicyclic) bond motifs is 1. The van der Waals surface area contributed by atoms with E-state index in [4.69, 9.17) is 5.10 Å². The summed E-state index contributed by atoms with van der Waals surface area (Å²) >= 11 is 1.45. The van der Waals surface area contributed by atoms with Crippen molar-refractivity contribution in [1.82, 2.24) is 34.9 Å². The number of carbonyl (C=O) groups excluding carboxylic acids is 1. The fraction of sp³-hybridized carbons (Fsp3) is 0.393. The van der Waals surface area contributed by atoms with Crippen molar-refractivity contribution in [3.05, 3.63) is 69.6 Å². The lowest BCUT2D eigenvalue weighted by atomic mass is 9.98. The smallest absolute Gasteiger partial charge is 0.263 e. The first kappa shape index (κ1) is 26.0. The zero-order valence-electron chi connectivity index (χ0n) is 22.7. The molecule has 1 aromatic carbocycles. The Bertz CT molecular complexity index is 1440. The van der Waals surface area contributed by atoms with Crippen LogP contribution in [0.1, 0.15) is 59.2 Å². The summed E-state index contributed by atoms with van der Waals surface area (Å²) in [6, 6.07) is 10.6. The number of aryl methyl sites for hydroxylation is 1. The maximum absolute atomic E-state index is 12.7. The van der Waals surface area contributed by atoms with E-state index in [-0.39, 0.29) is 11.3 Å². The number of anilines is 2. The first-order chi connectivity index (χ1) is 18.1. The van der Waals surface area contributed by atoms with Crippen LogP contribution in [0, 0.1) is 6.92 Å². The number of nitrogens with zero attached hydrogens (tertiary/aromatic N) is 6. The number of thiazole rings is 1. The highest BCUT2D eigenvalue weighted by Gasteiger charge is 2.22. The summed E-state index contributed by atoms with van der Waals surface area (Å²) in [5.41, 5.74) is 5.05. The molecule has 198 valence electrons. The molecule has 0 fully saturated rings. The summed E-state index contributed by atoms with van der Waals surface area (Å²) in [6.07, 6.45) is 3.23. The molecule has 0 bridgehead atoms. The quantitative estimate of drug-likeness (QED) is 0.365. The Morgan fingerprint density at radius 1 is 1.13 bits per heavy atom. The van der Waals surface area contributed by atoms with Gasteiger partial charge in [-0.1, -0.05) is 32.9 Å². The third-order valence-corrected chi connectivity index (χ3v) is 8.26. The Morgan fingerprint density at radius 2 is 1.95 bits per heavy atom. The molecule has 0 saturated carbocycles. The molecule has 9 nitrogen and oxygen atoms in total. The fourth-order valence-electron chi connectivity index (χ4n) is 4.36. The molecule has 1 unspecified atom stereocenters. The standard InChI is InChI=1S/C28H34N8OS/c1-17-9-19(7-8-20(17)12-29-26(37)23-13-30-27(38-23)28(3,4)5)22-11-24(32-16-31-22)33-25-10-21-15-35(6)18(2)14-36(21)34-25/h7-11,13,16,18H,12,14-15H2,1-6H3,(H,29,37)(H,31,32,33,34). The normalized spacial score (nSPS) is 15.8. The van der Waals surface area contributed by atoms with Crippen molar-refractivity contribution in [2.24, 2.45) is 0 Å². The largest absolute Gasteiger partial charge is 0.347 e. The van der Waals surface area contributed by atoms with Gasteiger partial charge in [-0.3, -0.25) is 14.4 Å². The number of hydrogen-bond acceptors (Lipinski definition) is 8. The highest BCUT2D eigenvalue weighted by atomic mass is 32.1. The van der Waals surface area contributed by atoms with Crippen molar-refractivity contribution in [3.8, 4) is 11.3 Å². The molecular weight excluding hydrogens is 496 g/mol. The van der Waals surface area contributed by atoms with Crippen LogP contribution in [-0.2, 0) is 25.0 Å². The lowest BCUT2D eigenvalue weighted by Crippen LogP contribution is -2.38. The topological polar surface area (TPSA) is 101 Å². The zero-order valence-corrected chi connectivity index (χ0v) is 23.6. The van der Waals surface area contributed by atoms with Gasteiger partial charge in [0.25, 0.3) is 5.91 Å². The van der Waals surface area contributed by atoms with E-state index in [1.807, 2.05) is 25.1 Å². The predicted octanol–water partition coefficient (Wildman–Crippen LogP) is 4.91. The summed E-state index contributed by atoms with van der Waals surface area (Å²) in [5, 5.41) is 12.0. The van der Waals surface area contributed by atoms with Gasteiger partial charge in [-0.25, -0.2) is 15.0 Å². The average molecular weight is 531 g/mol. The van der Waals surface area contributed by atoms with Gasteiger partial charge < -0.3 is 10.6 Å². The molecule has 0 radical (unpaired) electrons. The molecule has 0 saturated heterocycles. The van der Waals surface area contributed by atoms with Crippen LogP contribution < -0.4 is 10.6 Å². The third kappa shape index (κ3) is 5.61. The molecule has 5 rings (SSSR count). The summed E-state index contributed by atoms with van der Waals surface area (Å²) in [5.74, 6) is 1.38. The summed E-state index contributed by atoms with van der Waals surface area (Å²) in [6.45, 7) is 12.7. The Balaban J connectivity index is 1.25. The van der Waals surface area contributed by atoms with Crippen molar-refractivity contribution in [2.45, 2.75) is 65.7 Å². The van der Waals surface area contributed by atoms with Gasteiger partial charge >= 0.3 is 0 Å². The molecule has 1 amide bonds. The number of hydrogen-bond donors (Lipinski definition) is 2. The van der Waals surface area contributed by atoms with E-state index in [0.717, 1.165) is 46.3 Å². The van der Waals surface area contributed by atoms with Crippen LogP contribution in [0.3, 0.4) is 0 Å². The zero-order chi connectivity index (χ0) is 27.0. The van der Waals surface area contributed by atoms with E-state index in [2.05, 4.69) is 82.0 Å². The van der Waals surface area contributed by atoms with Crippen LogP contribution in [0.5, 0.6) is 0 Å². The van der Waals surface area contributed by atoms with Crippen molar-refractivity contribution < 1.29 is 4.79 Å². The SMILES string of the molecule is Cc1cc(-c2cc(Nc3cc4n(n3)CC(C)N(C)C4)ncn2)ccc1CNC(=O)c1cnc(C(C)(C)C)s1. The van der Waals surface area contributed by atoms with Crippen molar-refractivity contribution in [3.63, 3.8) is 0 Å². The predicted molar refractivity (Wildman–Crippen MR) is 151 cm³/mol. The van der Waals surface area contributed by atoms with Gasteiger partial charge in [-0.15, -0.1) is 11.3 Å². The Labute approximate surface area is 227 Å². The second-order valence-electron chi connectivity index (χ2n) is 11.0. The molecule has 0 spiro atoms. The van der Waals surface area contributed by atoms with Crippen LogP contribution in [0.2, 0.25) is 0 Å². The van der Waals surface area contributed by atoms with Gasteiger partial charge in [0.05, 0.1) is 29.1 Å². The van der Waals surface area contributed by atoms with Crippen molar-refractivity contribution >= 4 is 28.9 Å². The minimum atomic E-state index is -0.102. The molecule has 10 heteroatoms. The fourth-order valence-corrected chi connectivity index (χ4v) is 5.25. The number of amides is 1. The van der Waals surface area contributed by atoms with Crippen LogP contribution in [0.4, 0.5) is 11.6 Å². The number of benzene rings is 1. The van der Waals surface area contributed by atoms with Gasteiger partial charge in [-0.2, -0.15) is 5.10 Å². The van der Waals surface area contributed by atoms with E-state index < -0.39 is 0 Å². The van der Waals surface area contributed by atoms with E-state index in [1.54, 1.807) is 12.5 Å². The van der Waals surface area contributed by atoms with Gasteiger partial charge in [0.1, 0.15) is 17.0 Å². The van der Waals surface area contributed by atoms with E-state index in [1.165, 1.54) is 17.0 Å². The van der Waals surface area contributed by atoms with Crippen LogP contribution in [0.15, 0.2) is 42.9 Å². The molecule has 38 heavy (non-hydrogen) atoms. The summed E-state index contributed by atoms with van der Waals surface area (Å²) in [7, 11) is 2.13. The summed E-state index contributed by atoms with van der Waals surface area (Å²) < 4.78 is 2.06. The third-order valence-electron chi connectivity index (χ3n) is 6.84. The van der Waals surface area contributed by atoms with Gasteiger partial charge in [-0.05, 0) is 38.1 Å². The number of carbonyl (C=O) groups is 1. The first-order valence-electron chi connectivity index (χ1n) is 12.8. The van der Waals surface area contributed by atoms with Crippen LogP contribution in [-0.4, -0.2) is 48.6 Å². The highest BCUT2D eigenvalue weighted by molar-refractivity contribution is 7.13. The summed E-state index contributed by atoms with van der Waals surface area (Å²) in [4.78, 5) is 28.9. The monoisotopic (exact) mass is 530 g/mol. The number of nitrogens with one attached hydrogen (secondary N) is 2. The van der Waals surface area contributed by atoms with E-state index >= 15 is 0 Å². The number of aromatic nitrogens is 5. The van der Waals surface area contributed by atoms with E-state index in [9.17, 15) is 4.79 Å². The molecule has 0 aliphatic carbocycles. The van der Waals surface area contributed by atoms with Gasteiger partial charge in [0, 0.05) is 42.2 Å². The molecule has 4 heterocycles. The van der Waals surface area contributed by atoms with Crippen molar-refractivity contribution in [1.29, 1.82) is 0 Å². The molecule has 1 aliphatic rings. The molecular formula is C28H34N8OS. The Hall–Kier alpha value is -3.63. The Kier molecular flexibility index (Phi) is 7.02. The van der Waals surface area contributed by atoms with Gasteiger partial charge in [0.2, 0.25) is 0 Å². The minimum Gasteiger partial charge on any atom is -0.347 e. The highest BCUT2D eigenvalue weighted by Crippen LogP contribution is 2.27. The maximum Gasteiger partial charge on any atom is 0.263 e. The van der Waals surface area contributed by atoms with E-state index in [0.29, 0.717) is 23.3 Å². The van der Waals surface area contributed by atoms with Crippen LogP contribution >= 0.6 is 11.3 Å². The number of likely N-dealkylation sites (N-methyl/N-ethyl adjacent to an activating group) is 1. The lowest BCUT2D eigenvalue weighted by Gasteiger charge is -2.30. The number of rotatable bonds is 6. The molecule has 1 aliphatic heterocycles. The second-order valence-corrected chi connectivity index (χ2v) is 12.0. The average Bonchev–Trinajstić information content (AvgIpc) is 3.51.